The van der Waals surface area contributed by atoms with Gasteiger partial charge in [0.2, 0.25) is 0 Å². The molecule has 1 fully saturated rings. The van der Waals surface area contributed by atoms with Gasteiger partial charge in [0.25, 0.3) is 0 Å². The van der Waals surface area contributed by atoms with Crippen LogP contribution in [0.4, 0.5) is 0 Å². The van der Waals surface area contributed by atoms with E-state index in [-0.39, 0.29) is 11.4 Å². The number of thioether (sulfide) groups is 1. The molecule has 0 aromatic carbocycles. The Morgan fingerprint density at radius 2 is 2.50 bits per heavy atom. The lowest BCUT2D eigenvalue weighted by Gasteiger charge is -2.37. The minimum atomic E-state index is -1.14. The monoisotopic (exact) mass is 211 g/mol. The fourth-order valence-electron chi connectivity index (χ4n) is 1.38. The Morgan fingerprint density at radius 1 is 1.79 bits per heavy atom. The zero-order valence-electron chi connectivity index (χ0n) is 6.88. The molecule has 0 radical (unpaired) electrons. The lowest BCUT2D eigenvalue weighted by atomic mass is 10.1. The van der Waals surface area contributed by atoms with Crippen LogP contribution in [0.1, 0.15) is 0 Å². The number of carbonyl (C=O) groups is 2. The molecule has 6 nitrogen and oxygen atoms in total. The Kier molecular flexibility index (Phi) is 1.90. The molecule has 7 heteroatoms. The first kappa shape index (κ1) is 8.98. The first-order chi connectivity index (χ1) is 6.66. The SMILES string of the molecule is [N-]=[N+]=C1C(=O)N2C(C(=O)O)=CCS[C@@H]12. The van der Waals surface area contributed by atoms with Gasteiger partial charge in [0.1, 0.15) is 5.70 Å². The highest BCUT2D eigenvalue weighted by Gasteiger charge is 2.56. The van der Waals surface area contributed by atoms with Crippen LogP contribution in [0.3, 0.4) is 0 Å². The van der Waals surface area contributed by atoms with Gasteiger partial charge in [0.05, 0.1) is 0 Å². The molecule has 0 saturated carbocycles. The van der Waals surface area contributed by atoms with Crippen LogP contribution >= 0.6 is 11.8 Å². The van der Waals surface area contributed by atoms with E-state index in [1.54, 1.807) is 0 Å². The average Bonchev–Trinajstić information content (AvgIpc) is 2.16. The summed E-state index contributed by atoms with van der Waals surface area (Å²) in [7, 11) is 0. The third-order valence-corrected chi connectivity index (χ3v) is 3.13. The fourth-order valence-corrected chi connectivity index (χ4v) is 2.48. The molecule has 0 aromatic rings. The number of amides is 1. The van der Waals surface area contributed by atoms with E-state index in [1.165, 1.54) is 17.8 Å². The number of fused-ring (bicyclic) bond motifs is 1. The van der Waals surface area contributed by atoms with E-state index in [0.717, 1.165) is 4.90 Å². The van der Waals surface area contributed by atoms with Crippen LogP contribution in [-0.2, 0) is 9.59 Å². The molecule has 2 heterocycles. The number of carboxylic acid groups (broad SMARTS) is 1. The van der Waals surface area contributed by atoms with Crippen LogP contribution in [0.2, 0.25) is 0 Å². The quantitative estimate of drug-likeness (QED) is 0.361. The van der Waals surface area contributed by atoms with Crippen molar-refractivity contribution < 1.29 is 19.5 Å². The molecule has 0 aliphatic carbocycles. The molecule has 2 aliphatic heterocycles. The van der Waals surface area contributed by atoms with Crippen LogP contribution in [0.15, 0.2) is 11.8 Å². The molecular weight excluding hydrogens is 206 g/mol. The summed E-state index contributed by atoms with van der Waals surface area (Å²) in [5.74, 6) is -1.19. The molecule has 1 N–H and O–H groups in total. The Morgan fingerprint density at radius 3 is 3.07 bits per heavy atom. The molecule has 0 aromatic heterocycles. The summed E-state index contributed by atoms with van der Waals surface area (Å²) in [5.41, 5.74) is 8.46. The molecular formula is C7H5N3O3S. The van der Waals surface area contributed by atoms with Gasteiger partial charge in [-0.25, -0.2) is 4.79 Å². The van der Waals surface area contributed by atoms with Crippen molar-refractivity contribution in [2.45, 2.75) is 5.37 Å². The van der Waals surface area contributed by atoms with Crippen molar-refractivity contribution in [2.24, 2.45) is 0 Å². The summed E-state index contributed by atoms with van der Waals surface area (Å²) in [4.78, 5) is 25.9. The van der Waals surface area contributed by atoms with Crippen molar-refractivity contribution in [1.29, 1.82) is 0 Å². The summed E-state index contributed by atoms with van der Waals surface area (Å²) in [6.45, 7) is 0. The van der Waals surface area contributed by atoms with Crippen molar-refractivity contribution >= 4 is 29.4 Å². The zero-order chi connectivity index (χ0) is 10.3. The van der Waals surface area contributed by atoms with Crippen molar-refractivity contribution in [1.82, 2.24) is 4.90 Å². The molecule has 2 aliphatic rings. The lowest BCUT2D eigenvalue weighted by Crippen LogP contribution is -2.62. The Labute approximate surface area is 82.8 Å². The molecule has 0 bridgehead atoms. The van der Waals surface area contributed by atoms with E-state index in [9.17, 15) is 9.59 Å². The van der Waals surface area contributed by atoms with Gasteiger partial charge in [0, 0.05) is 5.75 Å². The average molecular weight is 211 g/mol. The minimum absolute atomic E-state index is 0.0156. The Balaban J connectivity index is 2.36. The maximum Gasteiger partial charge on any atom is 0.389 e. The van der Waals surface area contributed by atoms with E-state index in [1.807, 2.05) is 0 Å². The van der Waals surface area contributed by atoms with Gasteiger partial charge in [-0.2, -0.15) is 4.79 Å². The third kappa shape index (κ3) is 0.997. The van der Waals surface area contributed by atoms with Crippen LogP contribution in [0, 0.1) is 0 Å². The molecule has 14 heavy (non-hydrogen) atoms. The van der Waals surface area contributed by atoms with E-state index in [2.05, 4.69) is 4.79 Å². The van der Waals surface area contributed by atoms with Crippen LogP contribution in [0.25, 0.3) is 5.53 Å². The maximum atomic E-state index is 11.3. The molecule has 0 unspecified atom stereocenters. The molecule has 1 saturated heterocycles. The predicted octanol–water partition coefficient (Wildman–Crippen LogP) is -0.459. The number of nitrogens with zero attached hydrogens (tertiary/aromatic N) is 3. The second-order valence-electron chi connectivity index (χ2n) is 2.74. The van der Waals surface area contributed by atoms with E-state index < -0.39 is 17.3 Å². The smallest absolute Gasteiger partial charge is 0.389 e. The fraction of sp³-hybridized carbons (Fsp3) is 0.286. The second kappa shape index (κ2) is 2.97. The highest BCUT2D eigenvalue weighted by molar-refractivity contribution is 8.01. The minimum Gasteiger partial charge on any atom is -0.477 e. The van der Waals surface area contributed by atoms with Crippen LogP contribution < -0.4 is 0 Å². The van der Waals surface area contributed by atoms with Crippen molar-refractivity contribution in [3.05, 3.63) is 17.3 Å². The zero-order valence-corrected chi connectivity index (χ0v) is 7.69. The highest BCUT2D eigenvalue weighted by atomic mass is 32.2. The van der Waals surface area contributed by atoms with E-state index in [0.29, 0.717) is 5.75 Å². The van der Waals surface area contributed by atoms with Gasteiger partial charge in [-0.1, -0.05) is 0 Å². The Hall–Kier alpha value is -1.59. The molecule has 72 valence electrons. The van der Waals surface area contributed by atoms with Crippen LogP contribution in [-0.4, -0.2) is 43.5 Å². The van der Waals surface area contributed by atoms with Crippen molar-refractivity contribution in [3.8, 4) is 0 Å². The van der Waals surface area contributed by atoms with E-state index in [4.69, 9.17) is 10.6 Å². The van der Waals surface area contributed by atoms with E-state index >= 15 is 0 Å². The number of hydrogen-bond donors (Lipinski definition) is 1. The highest BCUT2D eigenvalue weighted by Crippen LogP contribution is 2.34. The third-order valence-electron chi connectivity index (χ3n) is 2.02. The van der Waals surface area contributed by atoms with Crippen molar-refractivity contribution in [2.75, 3.05) is 5.75 Å². The number of carboxylic acids is 1. The van der Waals surface area contributed by atoms with Crippen molar-refractivity contribution in [3.63, 3.8) is 0 Å². The summed E-state index contributed by atoms with van der Waals surface area (Å²) in [6.07, 6.45) is 1.47. The van der Waals surface area contributed by atoms with Crippen LogP contribution in [0.5, 0.6) is 0 Å². The summed E-state index contributed by atoms with van der Waals surface area (Å²) < 4.78 is 0. The predicted molar refractivity (Wildman–Crippen MR) is 47.4 cm³/mol. The van der Waals surface area contributed by atoms with Gasteiger partial charge in [-0.15, -0.1) is 11.8 Å². The number of β-lactam (4-membered cyclic amide) rings is 1. The van der Waals surface area contributed by atoms with Gasteiger partial charge in [-0.3, -0.25) is 9.69 Å². The Bertz CT molecular complexity index is 410. The second-order valence-corrected chi connectivity index (χ2v) is 3.85. The lowest BCUT2D eigenvalue weighted by molar-refractivity contribution is -0.142. The normalized spacial score (nSPS) is 24.7. The van der Waals surface area contributed by atoms with Gasteiger partial charge in [-0.05, 0) is 6.08 Å². The maximum absolute atomic E-state index is 11.3. The number of carbonyl (C=O) groups excluding carboxylic acids is 1. The summed E-state index contributed by atoms with van der Waals surface area (Å²) in [5, 5.41) is 8.32. The van der Waals surface area contributed by atoms with Gasteiger partial charge >= 0.3 is 17.6 Å². The number of aliphatic carboxylic acids is 1. The number of rotatable bonds is 1. The van der Waals surface area contributed by atoms with Gasteiger partial charge < -0.3 is 10.6 Å². The molecule has 1 amide bonds. The van der Waals surface area contributed by atoms with Gasteiger partial charge in [0.15, 0.2) is 5.37 Å². The first-order valence-electron chi connectivity index (χ1n) is 3.77. The topological polar surface area (TPSA) is 94.0 Å². The summed E-state index contributed by atoms with van der Waals surface area (Å²) in [6, 6.07) is 0. The largest absolute Gasteiger partial charge is 0.477 e. The molecule has 0 spiro atoms. The summed E-state index contributed by atoms with van der Waals surface area (Å²) >= 11 is 1.35. The standard InChI is InChI=1S/C7H5N3O3S/c8-9-4-5(11)10-3(7(12)13)1-2-14-6(4)10/h1,6H,2H2,(H,12,13)/t6-/m0/s1. The molecule has 1 atom stereocenters. The first-order valence-corrected chi connectivity index (χ1v) is 4.82. The number of hydrogen-bond acceptors (Lipinski definition) is 3. The molecule has 2 rings (SSSR count).